The third-order valence-corrected chi connectivity index (χ3v) is 15.2. The number of hydrogen-bond donors (Lipinski definition) is 0. The molecule has 1 aliphatic rings. The number of rotatable bonds is 10. The molecular weight excluding hydrogens is 306 g/mol. The van der Waals surface area contributed by atoms with Gasteiger partial charge in [0.25, 0.3) is 0 Å². The summed E-state index contributed by atoms with van der Waals surface area (Å²) < 4.78 is 8.68. The van der Waals surface area contributed by atoms with Crippen LogP contribution in [0.4, 0.5) is 0 Å². The van der Waals surface area contributed by atoms with Crippen LogP contribution in [0.5, 0.6) is 0 Å². The number of hydrogen-bond acceptors (Lipinski definition) is 3. The Kier molecular flexibility index (Phi) is 8.04. The van der Waals surface area contributed by atoms with E-state index in [0.717, 1.165) is 39.3 Å². The Morgan fingerprint density at radius 2 is 0.909 bits per heavy atom. The van der Waals surface area contributed by atoms with Gasteiger partial charge in [-0.25, -0.2) is 0 Å². The molecule has 0 saturated heterocycles. The van der Waals surface area contributed by atoms with E-state index in [-0.39, 0.29) is 3.72 Å². The SMILES string of the molecule is CC[N](CC)[Ti]([N](CC)CC)([N](CC)CC)[C]1(C)C=CC=C1. The Bertz CT molecular complexity index is 337. The second-order valence-electron chi connectivity index (χ2n) is 6.15. The quantitative estimate of drug-likeness (QED) is 0.550. The van der Waals surface area contributed by atoms with Crippen LogP contribution in [0.25, 0.3) is 0 Å². The van der Waals surface area contributed by atoms with Gasteiger partial charge in [0.1, 0.15) is 0 Å². The van der Waals surface area contributed by atoms with Crippen molar-refractivity contribution in [3.63, 3.8) is 0 Å². The van der Waals surface area contributed by atoms with E-state index in [1.54, 1.807) is 0 Å². The van der Waals surface area contributed by atoms with Crippen LogP contribution in [0.15, 0.2) is 24.3 Å². The first kappa shape index (κ1) is 20.1. The van der Waals surface area contributed by atoms with Crippen LogP contribution in [-0.4, -0.2) is 49.4 Å². The van der Waals surface area contributed by atoms with Crippen molar-refractivity contribution >= 4 is 0 Å². The second-order valence-corrected chi connectivity index (χ2v) is 12.8. The van der Waals surface area contributed by atoms with E-state index >= 15 is 0 Å². The molecule has 0 N–H and O–H groups in total. The summed E-state index contributed by atoms with van der Waals surface area (Å²) in [5, 5.41) is 0. The van der Waals surface area contributed by atoms with E-state index in [9.17, 15) is 0 Å². The standard InChI is InChI=1S/C6H7.3C4H10N.Ti/c1-6-4-2-3-5-6;3*1-3-5-4-2;/h2-5H,1H3;3*3-4H2,1-2H3;/q;3*-1;+3. The fourth-order valence-corrected chi connectivity index (χ4v) is 14.6. The first-order chi connectivity index (χ1) is 10.5. The van der Waals surface area contributed by atoms with Gasteiger partial charge in [0.2, 0.25) is 0 Å². The molecule has 1 rings (SSSR count). The minimum absolute atomic E-state index is 0.185. The fraction of sp³-hybridized carbons (Fsp3) is 0.778. The zero-order valence-corrected chi connectivity index (χ0v) is 17.5. The molecule has 0 bridgehead atoms. The zero-order chi connectivity index (χ0) is 16.8. The van der Waals surface area contributed by atoms with E-state index in [4.69, 9.17) is 0 Å². The van der Waals surface area contributed by atoms with Crippen molar-refractivity contribution in [2.45, 2.75) is 52.2 Å². The summed E-state index contributed by atoms with van der Waals surface area (Å²) in [6.07, 6.45) is 9.47. The summed E-state index contributed by atoms with van der Waals surface area (Å²) in [6, 6.07) is 0. The normalized spacial score (nSPS) is 17.4. The van der Waals surface area contributed by atoms with Gasteiger partial charge in [0, 0.05) is 0 Å². The maximum atomic E-state index is 2.83. The van der Waals surface area contributed by atoms with E-state index in [0.29, 0.717) is 0 Å². The van der Waals surface area contributed by atoms with Crippen molar-refractivity contribution in [2.24, 2.45) is 0 Å². The molecule has 22 heavy (non-hydrogen) atoms. The fourth-order valence-electron chi connectivity index (χ4n) is 4.41. The summed E-state index contributed by atoms with van der Waals surface area (Å²) in [7, 11) is 0. The number of allylic oxidation sites excluding steroid dienone is 4. The van der Waals surface area contributed by atoms with E-state index in [2.05, 4.69) is 82.9 Å². The molecule has 3 nitrogen and oxygen atoms in total. The van der Waals surface area contributed by atoms with Crippen molar-refractivity contribution in [3.8, 4) is 0 Å². The molecule has 128 valence electrons. The predicted octanol–water partition coefficient (Wildman–Crippen LogP) is 4.22. The Morgan fingerprint density at radius 3 is 1.14 bits per heavy atom. The summed E-state index contributed by atoms with van der Waals surface area (Å²) in [4.78, 5) is 0. The van der Waals surface area contributed by atoms with Crippen LogP contribution in [0.3, 0.4) is 0 Å². The Morgan fingerprint density at radius 1 is 0.636 bits per heavy atom. The van der Waals surface area contributed by atoms with Gasteiger partial charge in [-0.2, -0.15) is 0 Å². The molecule has 0 aromatic heterocycles. The van der Waals surface area contributed by atoms with Gasteiger partial charge >= 0.3 is 143 Å². The van der Waals surface area contributed by atoms with Crippen LogP contribution >= 0.6 is 0 Å². The van der Waals surface area contributed by atoms with Gasteiger partial charge in [-0.15, -0.1) is 0 Å². The van der Waals surface area contributed by atoms with Gasteiger partial charge in [0.05, 0.1) is 0 Å². The van der Waals surface area contributed by atoms with E-state index < -0.39 is 17.4 Å². The second kappa shape index (κ2) is 8.79. The van der Waals surface area contributed by atoms with Gasteiger partial charge in [-0.3, -0.25) is 0 Å². The van der Waals surface area contributed by atoms with Crippen molar-refractivity contribution < 1.29 is 17.4 Å². The molecule has 0 spiro atoms. The van der Waals surface area contributed by atoms with Gasteiger partial charge in [-0.05, 0) is 0 Å². The molecule has 0 fully saturated rings. The van der Waals surface area contributed by atoms with Crippen LogP contribution in [0.1, 0.15) is 48.5 Å². The molecule has 0 amide bonds. The Labute approximate surface area is 143 Å². The average molecular weight is 343 g/mol. The van der Waals surface area contributed by atoms with Crippen LogP contribution < -0.4 is 0 Å². The molecular formula is C18H37N3Ti. The third-order valence-electron chi connectivity index (χ3n) is 5.33. The molecule has 0 aromatic rings. The Balaban J connectivity index is 3.61. The molecule has 0 heterocycles. The molecule has 4 heteroatoms. The molecule has 0 unspecified atom stereocenters. The first-order valence-electron chi connectivity index (χ1n) is 9.14. The Hall–Kier alpha value is 0.0743. The molecule has 0 aromatic carbocycles. The third kappa shape index (κ3) is 3.16. The average Bonchev–Trinajstić information content (AvgIpc) is 2.98. The van der Waals surface area contributed by atoms with Crippen LogP contribution in [-0.2, 0) is 17.4 Å². The van der Waals surface area contributed by atoms with Crippen LogP contribution in [0.2, 0.25) is 3.72 Å². The topological polar surface area (TPSA) is 9.72 Å². The van der Waals surface area contributed by atoms with Gasteiger partial charge in [0.15, 0.2) is 0 Å². The van der Waals surface area contributed by atoms with Gasteiger partial charge in [-0.1, -0.05) is 0 Å². The molecule has 0 radical (unpaired) electrons. The van der Waals surface area contributed by atoms with E-state index in [1.807, 2.05) is 0 Å². The summed E-state index contributed by atoms with van der Waals surface area (Å²) in [5.41, 5.74) is 0. The molecule has 0 atom stereocenters. The molecule has 1 aliphatic carbocycles. The maximum absolute atomic E-state index is 2.83. The summed E-state index contributed by atoms with van der Waals surface area (Å²) >= 11 is -2.73. The van der Waals surface area contributed by atoms with Gasteiger partial charge < -0.3 is 0 Å². The summed E-state index contributed by atoms with van der Waals surface area (Å²) in [5.74, 6) is 0. The molecule has 0 aliphatic heterocycles. The van der Waals surface area contributed by atoms with Crippen molar-refractivity contribution in [1.29, 1.82) is 0 Å². The predicted molar refractivity (Wildman–Crippen MR) is 95.4 cm³/mol. The monoisotopic (exact) mass is 343 g/mol. The number of nitrogens with zero attached hydrogens (tertiary/aromatic N) is 3. The van der Waals surface area contributed by atoms with Crippen molar-refractivity contribution in [1.82, 2.24) is 10.1 Å². The summed E-state index contributed by atoms with van der Waals surface area (Å²) in [6.45, 7) is 23.3. The molecule has 0 saturated carbocycles. The van der Waals surface area contributed by atoms with Crippen molar-refractivity contribution in [3.05, 3.63) is 24.3 Å². The minimum atomic E-state index is -2.73. The van der Waals surface area contributed by atoms with Crippen molar-refractivity contribution in [2.75, 3.05) is 39.3 Å². The first-order valence-corrected chi connectivity index (χ1v) is 12.0. The van der Waals surface area contributed by atoms with E-state index in [1.165, 1.54) is 0 Å². The zero-order valence-electron chi connectivity index (χ0n) is 15.9. The van der Waals surface area contributed by atoms with Crippen LogP contribution in [0, 0.1) is 0 Å².